The van der Waals surface area contributed by atoms with Crippen molar-refractivity contribution in [3.63, 3.8) is 0 Å². The minimum atomic E-state index is -4.07. The molecule has 0 aliphatic rings. The van der Waals surface area contributed by atoms with Gasteiger partial charge in [-0.1, -0.05) is 5.16 Å². The van der Waals surface area contributed by atoms with E-state index < -0.39 is 20.7 Å². The van der Waals surface area contributed by atoms with Crippen LogP contribution in [0, 0.1) is 12.7 Å². The highest BCUT2D eigenvalue weighted by Crippen LogP contribution is 2.22. The van der Waals surface area contributed by atoms with Crippen LogP contribution in [0.2, 0.25) is 0 Å². The van der Waals surface area contributed by atoms with Crippen molar-refractivity contribution in [2.24, 2.45) is 0 Å². The molecule has 0 radical (unpaired) electrons. The van der Waals surface area contributed by atoms with Crippen molar-refractivity contribution in [2.75, 3.05) is 11.3 Å². The second-order valence-electron chi connectivity index (χ2n) is 3.95. The zero-order valence-corrected chi connectivity index (χ0v) is 11.7. The summed E-state index contributed by atoms with van der Waals surface area (Å²) in [5.74, 6) is -0.199. The van der Waals surface area contributed by atoms with Gasteiger partial charge in [0.05, 0.1) is 6.61 Å². The van der Waals surface area contributed by atoms with Crippen LogP contribution in [-0.2, 0) is 10.0 Å². The van der Waals surface area contributed by atoms with Crippen LogP contribution < -0.4 is 9.46 Å². The Kier molecular flexibility index (Phi) is 3.93. The van der Waals surface area contributed by atoms with Gasteiger partial charge in [0.1, 0.15) is 22.2 Å². The largest absolute Gasteiger partial charge is 0.494 e. The second-order valence-corrected chi connectivity index (χ2v) is 5.60. The number of hydrogen-bond donors (Lipinski definition) is 1. The molecule has 0 fully saturated rings. The molecule has 0 unspecified atom stereocenters. The lowest BCUT2D eigenvalue weighted by Crippen LogP contribution is -2.14. The Labute approximate surface area is 115 Å². The fourth-order valence-electron chi connectivity index (χ4n) is 1.56. The van der Waals surface area contributed by atoms with E-state index in [1.54, 1.807) is 13.8 Å². The number of halogens is 1. The summed E-state index contributed by atoms with van der Waals surface area (Å²) in [7, 11) is -4.07. The third-order valence-electron chi connectivity index (χ3n) is 2.37. The van der Waals surface area contributed by atoms with Gasteiger partial charge in [-0.15, -0.1) is 0 Å². The topological polar surface area (TPSA) is 81.4 Å². The highest BCUT2D eigenvalue weighted by molar-refractivity contribution is 7.92. The molecule has 0 amide bonds. The number of hydrogen-bond acceptors (Lipinski definition) is 5. The van der Waals surface area contributed by atoms with Crippen LogP contribution in [0.1, 0.15) is 12.7 Å². The van der Waals surface area contributed by atoms with Crippen molar-refractivity contribution >= 4 is 15.8 Å². The molecule has 1 aromatic heterocycles. The van der Waals surface area contributed by atoms with Gasteiger partial charge >= 0.3 is 0 Å². The predicted molar refractivity (Wildman–Crippen MR) is 69.6 cm³/mol. The molecule has 8 heteroatoms. The quantitative estimate of drug-likeness (QED) is 0.916. The number of benzene rings is 1. The van der Waals surface area contributed by atoms with E-state index in [9.17, 15) is 12.8 Å². The summed E-state index contributed by atoms with van der Waals surface area (Å²) in [6.45, 7) is 3.72. The molecule has 0 saturated carbocycles. The molecule has 1 heterocycles. The number of rotatable bonds is 5. The monoisotopic (exact) mass is 300 g/mol. The average Bonchev–Trinajstić information content (AvgIpc) is 2.74. The van der Waals surface area contributed by atoms with Gasteiger partial charge in [-0.05, 0) is 26.0 Å². The number of aromatic nitrogens is 1. The van der Waals surface area contributed by atoms with Gasteiger partial charge in [-0.2, -0.15) is 0 Å². The molecule has 20 heavy (non-hydrogen) atoms. The summed E-state index contributed by atoms with van der Waals surface area (Å²) < 4.78 is 49.9. The Hall–Kier alpha value is -2.09. The number of nitrogens with one attached hydrogen (secondary N) is 1. The molecule has 0 atom stereocenters. The van der Waals surface area contributed by atoms with Gasteiger partial charge < -0.3 is 9.26 Å². The van der Waals surface area contributed by atoms with Crippen LogP contribution in [-0.4, -0.2) is 20.2 Å². The lowest BCUT2D eigenvalue weighted by molar-refractivity contribution is 0.337. The Morgan fingerprint density at radius 1 is 1.40 bits per heavy atom. The molecule has 0 saturated heterocycles. The maximum Gasteiger partial charge on any atom is 0.266 e. The summed E-state index contributed by atoms with van der Waals surface area (Å²) in [4.78, 5) is -0.485. The van der Waals surface area contributed by atoms with Crippen molar-refractivity contribution in [3.8, 4) is 5.75 Å². The summed E-state index contributed by atoms with van der Waals surface area (Å²) in [6, 6.07) is 4.93. The van der Waals surface area contributed by atoms with E-state index >= 15 is 0 Å². The zero-order chi connectivity index (χ0) is 14.8. The van der Waals surface area contributed by atoms with Crippen molar-refractivity contribution in [1.82, 2.24) is 5.16 Å². The van der Waals surface area contributed by atoms with Crippen molar-refractivity contribution in [1.29, 1.82) is 0 Å². The smallest absolute Gasteiger partial charge is 0.266 e. The lowest BCUT2D eigenvalue weighted by Gasteiger charge is -2.08. The molecular formula is C12H13FN2O4S. The molecule has 6 nitrogen and oxygen atoms in total. The molecule has 2 aromatic rings. The molecule has 1 N–H and O–H groups in total. The fourth-order valence-corrected chi connectivity index (χ4v) is 2.61. The molecular weight excluding hydrogens is 287 g/mol. The summed E-state index contributed by atoms with van der Waals surface area (Å²) in [6.07, 6.45) is 0. The maximum absolute atomic E-state index is 13.8. The normalized spacial score (nSPS) is 11.3. The van der Waals surface area contributed by atoms with Crippen molar-refractivity contribution in [2.45, 2.75) is 18.7 Å². The van der Waals surface area contributed by atoms with Crippen LogP contribution in [0.25, 0.3) is 0 Å². The number of anilines is 1. The van der Waals surface area contributed by atoms with E-state index in [-0.39, 0.29) is 11.6 Å². The van der Waals surface area contributed by atoms with Gasteiger partial charge in [0.15, 0.2) is 5.82 Å². The Balaban J connectivity index is 2.29. The molecule has 0 aliphatic heterocycles. The third kappa shape index (κ3) is 3.08. The van der Waals surface area contributed by atoms with Gasteiger partial charge in [-0.25, -0.2) is 12.8 Å². The van der Waals surface area contributed by atoms with E-state index in [4.69, 9.17) is 9.26 Å². The van der Waals surface area contributed by atoms with E-state index in [1.807, 2.05) is 0 Å². The minimum Gasteiger partial charge on any atom is -0.494 e. The molecule has 0 aliphatic carbocycles. The highest BCUT2D eigenvalue weighted by atomic mass is 32.2. The lowest BCUT2D eigenvalue weighted by atomic mass is 10.3. The average molecular weight is 300 g/mol. The van der Waals surface area contributed by atoms with Gasteiger partial charge in [0.25, 0.3) is 10.0 Å². The van der Waals surface area contributed by atoms with E-state index in [0.29, 0.717) is 12.4 Å². The first kappa shape index (κ1) is 14.3. The highest BCUT2D eigenvalue weighted by Gasteiger charge is 2.21. The van der Waals surface area contributed by atoms with Gasteiger partial charge in [-0.3, -0.25) is 4.72 Å². The van der Waals surface area contributed by atoms with Crippen LogP contribution >= 0.6 is 0 Å². The second kappa shape index (κ2) is 5.49. The van der Waals surface area contributed by atoms with E-state index in [1.165, 1.54) is 12.1 Å². The molecule has 1 aromatic carbocycles. The molecule has 0 bridgehead atoms. The van der Waals surface area contributed by atoms with Crippen molar-refractivity contribution < 1.29 is 22.1 Å². The number of nitrogens with zero attached hydrogens (tertiary/aromatic N) is 1. The summed E-state index contributed by atoms with van der Waals surface area (Å²) in [5.41, 5.74) is 0. The first-order valence-electron chi connectivity index (χ1n) is 5.81. The fraction of sp³-hybridized carbons (Fsp3) is 0.250. The Bertz CT molecular complexity index is 712. The Morgan fingerprint density at radius 3 is 2.70 bits per heavy atom. The summed E-state index contributed by atoms with van der Waals surface area (Å²) >= 11 is 0. The van der Waals surface area contributed by atoms with Gasteiger partial charge in [0, 0.05) is 12.1 Å². The molecule has 108 valence electrons. The zero-order valence-electron chi connectivity index (χ0n) is 10.9. The minimum absolute atomic E-state index is 0.00390. The molecule has 0 spiro atoms. The number of aryl methyl sites for hydroxylation is 1. The molecule has 2 rings (SSSR count). The van der Waals surface area contributed by atoms with Gasteiger partial charge in [0.2, 0.25) is 0 Å². The first-order chi connectivity index (χ1) is 9.42. The summed E-state index contributed by atoms with van der Waals surface area (Å²) in [5, 5.41) is 3.49. The Morgan fingerprint density at radius 2 is 2.15 bits per heavy atom. The van der Waals surface area contributed by atoms with Crippen molar-refractivity contribution in [3.05, 3.63) is 35.8 Å². The van der Waals surface area contributed by atoms with E-state index in [0.717, 1.165) is 12.1 Å². The maximum atomic E-state index is 13.8. The van der Waals surface area contributed by atoms with Crippen LogP contribution in [0.3, 0.4) is 0 Å². The standard InChI is InChI=1S/C12H13FN2O4S/c1-3-18-9-4-5-11(10(13)7-9)20(16,17)15-12-6-8(2)19-14-12/h4-7H,3H2,1-2H3,(H,14,15). The van der Waals surface area contributed by atoms with Crippen LogP contribution in [0.4, 0.5) is 10.2 Å². The number of ether oxygens (including phenoxy) is 1. The first-order valence-corrected chi connectivity index (χ1v) is 7.29. The predicted octanol–water partition coefficient (Wildman–Crippen LogP) is 2.32. The van der Waals surface area contributed by atoms with Crippen LogP contribution in [0.15, 0.2) is 33.7 Å². The third-order valence-corrected chi connectivity index (χ3v) is 3.76. The number of sulfonamides is 1. The van der Waals surface area contributed by atoms with E-state index in [2.05, 4.69) is 9.88 Å². The SMILES string of the molecule is CCOc1ccc(S(=O)(=O)Nc2cc(C)on2)c(F)c1. The van der Waals surface area contributed by atoms with Crippen LogP contribution in [0.5, 0.6) is 5.75 Å².